The smallest absolute Gasteiger partial charge is 0.320 e. The topological polar surface area (TPSA) is 68.2 Å². The summed E-state index contributed by atoms with van der Waals surface area (Å²) >= 11 is 3.66. The van der Waals surface area contributed by atoms with Gasteiger partial charge in [0.2, 0.25) is 5.75 Å². The predicted molar refractivity (Wildman–Crippen MR) is 114 cm³/mol. The SMILES string of the molecule is COc1ccc(C(c2ccccc2Br)N2CCCCC2C(=O)O)c(OC)c1OC. The Balaban J connectivity index is 2.24. The van der Waals surface area contributed by atoms with E-state index < -0.39 is 12.0 Å². The summed E-state index contributed by atoms with van der Waals surface area (Å²) in [6, 6.07) is 10.8. The first-order chi connectivity index (χ1) is 14.0. The Morgan fingerprint density at radius 2 is 1.76 bits per heavy atom. The average molecular weight is 464 g/mol. The van der Waals surface area contributed by atoms with E-state index >= 15 is 0 Å². The number of aliphatic carboxylic acids is 1. The summed E-state index contributed by atoms with van der Waals surface area (Å²) in [7, 11) is 4.73. The lowest BCUT2D eigenvalue weighted by Crippen LogP contribution is -2.47. The summed E-state index contributed by atoms with van der Waals surface area (Å²) < 4.78 is 17.7. The van der Waals surface area contributed by atoms with Crippen LogP contribution < -0.4 is 14.2 Å². The molecule has 0 aliphatic carbocycles. The van der Waals surface area contributed by atoms with E-state index in [1.54, 1.807) is 21.3 Å². The van der Waals surface area contributed by atoms with E-state index in [2.05, 4.69) is 20.8 Å². The average Bonchev–Trinajstić information content (AvgIpc) is 2.74. The maximum absolute atomic E-state index is 12.1. The second-order valence-electron chi connectivity index (χ2n) is 6.94. The molecular formula is C22H26BrNO5. The Labute approximate surface area is 179 Å². The number of nitrogens with zero attached hydrogens (tertiary/aromatic N) is 1. The minimum Gasteiger partial charge on any atom is -0.493 e. The van der Waals surface area contributed by atoms with Gasteiger partial charge in [0, 0.05) is 10.0 Å². The number of hydrogen-bond acceptors (Lipinski definition) is 5. The van der Waals surface area contributed by atoms with Gasteiger partial charge in [-0.25, -0.2) is 0 Å². The largest absolute Gasteiger partial charge is 0.493 e. The predicted octanol–water partition coefficient (Wildman–Crippen LogP) is 4.50. The maximum Gasteiger partial charge on any atom is 0.320 e. The van der Waals surface area contributed by atoms with Crippen molar-refractivity contribution in [2.45, 2.75) is 31.3 Å². The van der Waals surface area contributed by atoms with Crippen LogP contribution in [0, 0.1) is 0 Å². The van der Waals surface area contributed by atoms with Crippen molar-refractivity contribution in [3.63, 3.8) is 0 Å². The Morgan fingerprint density at radius 1 is 1.03 bits per heavy atom. The summed E-state index contributed by atoms with van der Waals surface area (Å²) in [5.41, 5.74) is 1.82. The van der Waals surface area contributed by atoms with Crippen molar-refractivity contribution >= 4 is 21.9 Å². The fraction of sp³-hybridized carbons (Fsp3) is 0.409. The Morgan fingerprint density at radius 3 is 2.38 bits per heavy atom. The van der Waals surface area contributed by atoms with Crippen molar-refractivity contribution in [1.82, 2.24) is 4.90 Å². The first kappa shape index (κ1) is 21.5. The monoisotopic (exact) mass is 463 g/mol. The molecule has 1 aliphatic heterocycles. The van der Waals surface area contributed by atoms with Crippen molar-refractivity contribution in [2.75, 3.05) is 27.9 Å². The van der Waals surface area contributed by atoms with Gasteiger partial charge in [0.1, 0.15) is 6.04 Å². The molecule has 7 heteroatoms. The van der Waals surface area contributed by atoms with E-state index in [9.17, 15) is 9.90 Å². The number of rotatable bonds is 7. The molecular weight excluding hydrogens is 438 g/mol. The lowest BCUT2D eigenvalue weighted by molar-refractivity contribution is -0.145. The van der Waals surface area contributed by atoms with Crippen LogP contribution in [0.15, 0.2) is 40.9 Å². The molecule has 2 unspecified atom stereocenters. The van der Waals surface area contributed by atoms with Crippen molar-refractivity contribution in [3.05, 3.63) is 52.0 Å². The van der Waals surface area contributed by atoms with Gasteiger partial charge in [-0.3, -0.25) is 9.69 Å². The number of likely N-dealkylation sites (tertiary alicyclic amines) is 1. The van der Waals surface area contributed by atoms with E-state index in [1.165, 1.54) is 0 Å². The molecule has 156 valence electrons. The van der Waals surface area contributed by atoms with Crippen LogP contribution >= 0.6 is 15.9 Å². The lowest BCUT2D eigenvalue weighted by Gasteiger charge is -2.40. The summed E-state index contributed by atoms with van der Waals surface area (Å²) in [5.74, 6) is 0.796. The van der Waals surface area contributed by atoms with E-state index in [0.29, 0.717) is 30.2 Å². The first-order valence-corrected chi connectivity index (χ1v) is 10.3. The van der Waals surface area contributed by atoms with Gasteiger partial charge in [0.25, 0.3) is 0 Å². The highest BCUT2D eigenvalue weighted by molar-refractivity contribution is 9.10. The molecule has 3 rings (SSSR count). The van der Waals surface area contributed by atoms with Crippen LogP contribution in [0.5, 0.6) is 17.2 Å². The zero-order valence-electron chi connectivity index (χ0n) is 16.9. The van der Waals surface area contributed by atoms with E-state index in [0.717, 1.165) is 28.4 Å². The molecule has 29 heavy (non-hydrogen) atoms. The Kier molecular flexibility index (Phi) is 7.03. The second kappa shape index (κ2) is 9.50. The molecule has 1 heterocycles. The number of benzene rings is 2. The quantitative estimate of drug-likeness (QED) is 0.651. The number of piperidine rings is 1. The number of carbonyl (C=O) groups is 1. The lowest BCUT2D eigenvalue weighted by atomic mass is 9.91. The molecule has 1 aliphatic rings. The number of methoxy groups -OCH3 is 3. The number of halogens is 1. The molecule has 0 spiro atoms. The number of ether oxygens (including phenoxy) is 3. The molecule has 6 nitrogen and oxygen atoms in total. The van der Waals surface area contributed by atoms with Gasteiger partial charge < -0.3 is 19.3 Å². The molecule has 0 bridgehead atoms. The van der Waals surface area contributed by atoms with Crippen molar-refractivity contribution < 1.29 is 24.1 Å². The highest BCUT2D eigenvalue weighted by Crippen LogP contribution is 2.47. The van der Waals surface area contributed by atoms with Gasteiger partial charge in [0.05, 0.1) is 27.4 Å². The fourth-order valence-electron chi connectivity index (χ4n) is 4.09. The highest BCUT2D eigenvalue weighted by atomic mass is 79.9. The summed E-state index contributed by atoms with van der Waals surface area (Å²) in [6.45, 7) is 0.681. The minimum atomic E-state index is -0.804. The molecule has 0 amide bonds. The standard InChI is InChI=1S/C22H26BrNO5/c1-27-18-12-11-15(20(28-2)21(18)29-3)19(14-8-4-5-9-16(14)23)24-13-7-6-10-17(24)22(25)26/h4-5,8-9,11-12,17,19H,6-7,10,13H2,1-3H3,(H,25,26). The van der Waals surface area contributed by atoms with Gasteiger partial charge >= 0.3 is 5.97 Å². The highest BCUT2D eigenvalue weighted by Gasteiger charge is 2.37. The van der Waals surface area contributed by atoms with E-state index in [1.807, 2.05) is 36.4 Å². The van der Waals surface area contributed by atoms with Crippen LogP contribution in [0.3, 0.4) is 0 Å². The molecule has 2 aromatic rings. The number of carboxylic acid groups (broad SMARTS) is 1. The van der Waals surface area contributed by atoms with Gasteiger partial charge in [-0.2, -0.15) is 0 Å². The van der Waals surface area contributed by atoms with Crippen molar-refractivity contribution in [3.8, 4) is 17.2 Å². The zero-order chi connectivity index (χ0) is 21.0. The molecule has 2 aromatic carbocycles. The Hall–Kier alpha value is -2.25. The molecule has 1 N–H and O–H groups in total. The first-order valence-electron chi connectivity index (χ1n) is 9.55. The summed E-state index contributed by atoms with van der Waals surface area (Å²) in [5, 5.41) is 9.90. The third-order valence-corrected chi connectivity index (χ3v) is 6.11. The number of carboxylic acids is 1. The van der Waals surface area contributed by atoms with Crippen LogP contribution in [0.4, 0.5) is 0 Å². The van der Waals surface area contributed by atoms with E-state index in [4.69, 9.17) is 14.2 Å². The van der Waals surface area contributed by atoms with E-state index in [-0.39, 0.29) is 6.04 Å². The molecule has 0 saturated carbocycles. The van der Waals surface area contributed by atoms with Crippen LogP contribution in [-0.4, -0.2) is 49.9 Å². The van der Waals surface area contributed by atoms with Crippen LogP contribution in [0.1, 0.15) is 36.4 Å². The van der Waals surface area contributed by atoms with Gasteiger partial charge in [-0.05, 0) is 43.1 Å². The van der Waals surface area contributed by atoms with Crippen molar-refractivity contribution in [1.29, 1.82) is 0 Å². The molecule has 1 saturated heterocycles. The fourth-order valence-corrected chi connectivity index (χ4v) is 4.59. The molecule has 0 radical (unpaired) electrons. The zero-order valence-corrected chi connectivity index (χ0v) is 18.4. The van der Waals surface area contributed by atoms with Crippen LogP contribution in [0.2, 0.25) is 0 Å². The van der Waals surface area contributed by atoms with Crippen molar-refractivity contribution in [2.24, 2.45) is 0 Å². The van der Waals surface area contributed by atoms with Crippen LogP contribution in [-0.2, 0) is 4.79 Å². The third kappa shape index (κ3) is 4.21. The molecule has 1 fully saturated rings. The third-order valence-electron chi connectivity index (χ3n) is 5.39. The van der Waals surface area contributed by atoms with Gasteiger partial charge in [0.15, 0.2) is 11.5 Å². The minimum absolute atomic E-state index is 0.318. The van der Waals surface area contributed by atoms with Gasteiger partial charge in [-0.1, -0.05) is 40.5 Å². The maximum atomic E-state index is 12.1. The second-order valence-corrected chi connectivity index (χ2v) is 7.79. The van der Waals surface area contributed by atoms with Gasteiger partial charge in [-0.15, -0.1) is 0 Å². The Bertz CT molecular complexity index is 872. The summed E-state index contributed by atoms with van der Waals surface area (Å²) in [6.07, 6.45) is 2.46. The van der Waals surface area contributed by atoms with Crippen LogP contribution in [0.25, 0.3) is 0 Å². The molecule has 0 aromatic heterocycles. The molecule has 2 atom stereocenters. The number of hydrogen-bond donors (Lipinski definition) is 1. The normalized spacial score (nSPS) is 18.1. The summed E-state index contributed by atoms with van der Waals surface area (Å²) in [4.78, 5) is 14.1.